The van der Waals surface area contributed by atoms with Gasteiger partial charge in [0.25, 0.3) is 0 Å². The normalized spacial score (nSPS) is 18.8. The minimum atomic E-state index is -0.590. The molecule has 1 aromatic rings. The quantitative estimate of drug-likeness (QED) is 0.458. The number of hydrogen-bond donors (Lipinski definition) is 0. The van der Waals surface area contributed by atoms with Crippen molar-refractivity contribution in [2.24, 2.45) is 5.11 Å². The summed E-state index contributed by atoms with van der Waals surface area (Å²) in [6.07, 6.45) is 1.99. The van der Waals surface area contributed by atoms with E-state index in [0.717, 1.165) is 19.4 Å². The van der Waals surface area contributed by atoms with Crippen LogP contribution < -0.4 is 4.74 Å². The highest BCUT2D eigenvalue weighted by Gasteiger charge is 2.17. The number of nitrogens with zero attached hydrogens (tertiary/aromatic N) is 3. The minimum Gasteiger partial charge on any atom is -0.490 e. The van der Waals surface area contributed by atoms with Gasteiger partial charge in [0.2, 0.25) is 0 Å². The van der Waals surface area contributed by atoms with E-state index in [9.17, 15) is 4.39 Å². The van der Waals surface area contributed by atoms with Gasteiger partial charge in [0.15, 0.2) is 0 Å². The van der Waals surface area contributed by atoms with Crippen molar-refractivity contribution in [3.63, 3.8) is 0 Å². The van der Waals surface area contributed by atoms with Crippen molar-refractivity contribution in [1.82, 2.24) is 0 Å². The highest BCUT2D eigenvalue weighted by molar-refractivity contribution is 5.52. The van der Waals surface area contributed by atoms with Crippen molar-refractivity contribution in [2.75, 3.05) is 13.2 Å². The average molecular weight is 237 g/mol. The molecule has 90 valence electrons. The molecule has 6 heteroatoms. The Labute approximate surface area is 97.8 Å². The van der Waals surface area contributed by atoms with Crippen LogP contribution in [-0.4, -0.2) is 19.3 Å². The fraction of sp³-hybridized carbons (Fsp3) is 0.455. The maximum Gasteiger partial charge on any atom is 0.136 e. The van der Waals surface area contributed by atoms with Crippen molar-refractivity contribution in [1.29, 1.82) is 0 Å². The summed E-state index contributed by atoms with van der Waals surface area (Å²) in [5, 5.41) is 3.29. The molecule has 1 unspecified atom stereocenters. The van der Waals surface area contributed by atoms with Crippen LogP contribution in [0, 0.1) is 5.82 Å². The molecule has 1 fully saturated rings. The number of benzene rings is 1. The van der Waals surface area contributed by atoms with Gasteiger partial charge in [0.1, 0.15) is 23.9 Å². The Morgan fingerprint density at radius 2 is 2.47 bits per heavy atom. The average Bonchev–Trinajstić information content (AvgIpc) is 2.83. The predicted octanol–water partition coefficient (Wildman–Crippen LogP) is 3.33. The van der Waals surface area contributed by atoms with Gasteiger partial charge in [-0.15, -0.1) is 0 Å². The Kier molecular flexibility index (Phi) is 3.80. The molecule has 1 aliphatic rings. The summed E-state index contributed by atoms with van der Waals surface area (Å²) in [5.74, 6) is -0.342. The summed E-state index contributed by atoms with van der Waals surface area (Å²) in [7, 11) is 0. The summed E-state index contributed by atoms with van der Waals surface area (Å²) >= 11 is 0. The number of hydrogen-bond acceptors (Lipinski definition) is 3. The second-order valence-corrected chi connectivity index (χ2v) is 3.72. The van der Waals surface area contributed by atoms with Gasteiger partial charge in [0.05, 0.1) is 6.10 Å². The third kappa shape index (κ3) is 2.87. The standard InChI is InChI=1S/C11H12FN3O2/c12-9-4-1-5-10(11(9)14-15-13)17-7-8-3-2-6-16-8/h1,4-5,8H,2-3,6-7H2. The second kappa shape index (κ2) is 5.52. The Morgan fingerprint density at radius 3 is 3.18 bits per heavy atom. The first-order valence-corrected chi connectivity index (χ1v) is 5.39. The molecule has 0 spiro atoms. The van der Waals surface area contributed by atoms with E-state index in [1.54, 1.807) is 6.07 Å². The second-order valence-electron chi connectivity index (χ2n) is 3.72. The van der Waals surface area contributed by atoms with Crippen LogP contribution in [0.25, 0.3) is 10.4 Å². The Balaban J connectivity index is 2.08. The van der Waals surface area contributed by atoms with Crippen LogP contribution in [0.1, 0.15) is 12.8 Å². The van der Waals surface area contributed by atoms with Gasteiger partial charge in [-0.25, -0.2) is 4.39 Å². The number of ether oxygens (including phenoxy) is 2. The third-order valence-electron chi connectivity index (χ3n) is 2.54. The molecular formula is C11H12FN3O2. The molecular weight excluding hydrogens is 225 g/mol. The molecule has 1 saturated heterocycles. The molecule has 0 N–H and O–H groups in total. The third-order valence-corrected chi connectivity index (χ3v) is 2.54. The van der Waals surface area contributed by atoms with E-state index in [-0.39, 0.29) is 17.5 Å². The molecule has 1 atom stereocenters. The largest absolute Gasteiger partial charge is 0.490 e. The molecule has 2 rings (SSSR count). The summed E-state index contributed by atoms with van der Waals surface area (Å²) in [6, 6.07) is 4.31. The molecule has 0 amide bonds. The van der Waals surface area contributed by atoms with E-state index >= 15 is 0 Å². The zero-order chi connectivity index (χ0) is 12.1. The minimum absolute atomic E-state index is 0.0391. The lowest BCUT2D eigenvalue weighted by Crippen LogP contribution is -2.16. The molecule has 0 saturated carbocycles. The van der Waals surface area contributed by atoms with Crippen LogP contribution in [0.15, 0.2) is 23.3 Å². The lowest BCUT2D eigenvalue weighted by molar-refractivity contribution is 0.0680. The Hall–Kier alpha value is -1.78. The van der Waals surface area contributed by atoms with Gasteiger partial charge >= 0.3 is 0 Å². The van der Waals surface area contributed by atoms with Crippen molar-refractivity contribution >= 4 is 5.69 Å². The molecule has 0 radical (unpaired) electrons. The summed E-state index contributed by atoms with van der Waals surface area (Å²) in [6.45, 7) is 1.08. The number of azide groups is 1. The Bertz CT molecular complexity index is 440. The van der Waals surface area contributed by atoms with Gasteiger partial charge < -0.3 is 9.47 Å². The lowest BCUT2D eigenvalue weighted by atomic mass is 10.2. The van der Waals surface area contributed by atoms with E-state index in [2.05, 4.69) is 10.0 Å². The SMILES string of the molecule is [N-]=[N+]=Nc1c(F)cccc1OCC1CCCO1. The predicted molar refractivity (Wildman–Crippen MR) is 59.7 cm³/mol. The first kappa shape index (κ1) is 11.7. The van der Waals surface area contributed by atoms with Crippen molar-refractivity contribution in [3.8, 4) is 5.75 Å². The molecule has 0 aromatic heterocycles. The molecule has 1 aliphatic heterocycles. The zero-order valence-corrected chi connectivity index (χ0v) is 9.17. The van der Waals surface area contributed by atoms with Crippen LogP contribution in [0.5, 0.6) is 5.75 Å². The van der Waals surface area contributed by atoms with Crippen molar-refractivity contribution in [3.05, 3.63) is 34.5 Å². The van der Waals surface area contributed by atoms with Gasteiger partial charge in [-0.1, -0.05) is 11.2 Å². The van der Waals surface area contributed by atoms with E-state index in [1.165, 1.54) is 12.1 Å². The first-order valence-electron chi connectivity index (χ1n) is 5.39. The van der Waals surface area contributed by atoms with E-state index in [1.807, 2.05) is 0 Å². The highest BCUT2D eigenvalue weighted by atomic mass is 19.1. The van der Waals surface area contributed by atoms with Crippen LogP contribution in [-0.2, 0) is 4.74 Å². The van der Waals surface area contributed by atoms with Crippen molar-refractivity contribution < 1.29 is 13.9 Å². The van der Waals surface area contributed by atoms with Crippen LogP contribution in [0.4, 0.5) is 10.1 Å². The molecule has 5 nitrogen and oxygen atoms in total. The highest BCUT2D eigenvalue weighted by Crippen LogP contribution is 2.31. The summed E-state index contributed by atoms with van der Waals surface area (Å²) < 4.78 is 24.2. The molecule has 17 heavy (non-hydrogen) atoms. The fourth-order valence-electron chi connectivity index (χ4n) is 1.71. The maximum atomic E-state index is 13.4. The van der Waals surface area contributed by atoms with Gasteiger partial charge in [-0.3, -0.25) is 0 Å². The molecule has 0 aliphatic carbocycles. The van der Waals surface area contributed by atoms with Gasteiger partial charge in [-0.2, -0.15) is 0 Å². The van der Waals surface area contributed by atoms with Crippen LogP contribution in [0.2, 0.25) is 0 Å². The smallest absolute Gasteiger partial charge is 0.136 e. The molecule has 1 aromatic carbocycles. The van der Waals surface area contributed by atoms with Gasteiger partial charge in [-0.05, 0) is 30.5 Å². The maximum absolute atomic E-state index is 13.4. The summed E-state index contributed by atoms with van der Waals surface area (Å²) in [4.78, 5) is 2.58. The lowest BCUT2D eigenvalue weighted by Gasteiger charge is -2.13. The number of rotatable bonds is 4. The van der Waals surface area contributed by atoms with Crippen LogP contribution in [0.3, 0.4) is 0 Å². The van der Waals surface area contributed by atoms with E-state index < -0.39 is 5.82 Å². The molecule has 1 heterocycles. The Morgan fingerprint density at radius 1 is 1.59 bits per heavy atom. The zero-order valence-electron chi connectivity index (χ0n) is 9.17. The first-order chi connectivity index (χ1) is 8.31. The fourth-order valence-corrected chi connectivity index (χ4v) is 1.71. The molecule has 0 bridgehead atoms. The van der Waals surface area contributed by atoms with E-state index in [0.29, 0.717) is 6.61 Å². The van der Waals surface area contributed by atoms with Crippen LogP contribution >= 0.6 is 0 Å². The van der Waals surface area contributed by atoms with Gasteiger partial charge in [0, 0.05) is 11.5 Å². The number of halogens is 1. The van der Waals surface area contributed by atoms with Crippen molar-refractivity contribution in [2.45, 2.75) is 18.9 Å². The van der Waals surface area contributed by atoms with E-state index in [4.69, 9.17) is 15.0 Å². The topological polar surface area (TPSA) is 67.2 Å². The summed E-state index contributed by atoms with van der Waals surface area (Å²) in [5.41, 5.74) is 8.26. The monoisotopic (exact) mass is 237 g/mol.